The molecule has 0 atom stereocenters. The lowest BCUT2D eigenvalue weighted by atomic mass is 9.96. The highest BCUT2D eigenvalue weighted by molar-refractivity contribution is 7.91. The molecule has 8 rings (SSSR count). The molecule has 0 unspecified atom stereocenters. The molecule has 0 aromatic heterocycles. The normalized spacial score (nSPS) is 14.5. The summed E-state index contributed by atoms with van der Waals surface area (Å²) in [5.74, 6) is -4.60. The van der Waals surface area contributed by atoms with Crippen LogP contribution in [0.15, 0.2) is 126 Å². The number of aliphatic hydroxyl groups excluding tert-OH is 1. The second-order valence-corrected chi connectivity index (χ2v) is 20.3. The third-order valence-electron chi connectivity index (χ3n) is 10.4. The van der Waals surface area contributed by atoms with Crippen molar-refractivity contribution in [3.05, 3.63) is 150 Å². The van der Waals surface area contributed by atoms with Crippen LogP contribution in [0.4, 0.5) is 11.4 Å². The summed E-state index contributed by atoms with van der Waals surface area (Å²) in [7, 11) is -21.9. The molecule has 5 aromatic rings. The smallest absolute Gasteiger partial charge is 0.296 e. The van der Waals surface area contributed by atoms with Gasteiger partial charge in [0, 0.05) is 32.5 Å². The Morgan fingerprint density at radius 2 is 1.15 bits per heavy atom. The fourth-order valence-corrected chi connectivity index (χ4v) is 11.3. The van der Waals surface area contributed by atoms with E-state index in [1.807, 2.05) is 0 Å². The molecule has 5 aromatic carbocycles. The Hall–Kier alpha value is -6.53. The van der Waals surface area contributed by atoms with Crippen molar-refractivity contribution in [2.24, 2.45) is 5.92 Å². The molecule has 5 N–H and O–H groups in total. The average Bonchev–Trinajstić information content (AvgIpc) is 3.45. The monoisotopic (exact) mass is 918 g/mol. The van der Waals surface area contributed by atoms with Gasteiger partial charge in [-0.05, 0) is 30.0 Å². The molecule has 18 nitrogen and oxygen atoms in total. The molecule has 2 aliphatic carbocycles. The van der Waals surface area contributed by atoms with Crippen molar-refractivity contribution in [1.29, 1.82) is 0 Å². The maximum Gasteiger partial charge on any atom is 0.296 e. The minimum atomic E-state index is -5.77. The van der Waals surface area contributed by atoms with E-state index in [0.29, 0.717) is 6.07 Å². The number of Topliss-reactive ketones (excluding diaryl/α,β-unsaturated/α-hetero) is 2. The van der Waals surface area contributed by atoms with Crippen molar-refractivity contribution in [2.75, 3.05) is 11.1 Å². The summed E-state index contributed by atoms with van der Waals surface area (Å²) >= 11 is 0. The summed E-state index contributed by atoms with van der Waals surface area (Å²) in [6.07, 6.45) is -0.653. The van der Waals surface area contributed by atoms with E-state index in [4.69, 9.17) is 0 Å². The van der Waals surface area contributed by atoms with Crippen LogP contribution in [0.2, 0.25) is 0 Å². The van der Waals surface area contributed by atoms with E-state index in [1.165, 1.54) is 72.8 Å². The summed E-state index contributed by atoms with van der Waals surface area (Å²) < 4.78 is 137. The number of hydrogen-bond acceptors (Lipinski definition) is 15. The Balaban J connectivity index is 1.42. The number of anilines is 2. The quantitative estimate of drug-likeness (QED) is 0.0972. The second kappa shape index (κ2) is 14.5. The summed E-state index contributed by atoms with van der Waals surface area (Å²) in [6, 6.07) is 19.7. The number of nitrogens with one attached hydrogen (secondary N) is 1. The van der Waals surface area contributed by atoms with Crippen molar-refractivity contribution < 1.29 is 62.0 Å². The average molecular weight is 919 g/mol. The van der Waals surface area contributed by atoms with E-state index in [0.717, 1.165) is 0 Å². The largest absolute Gasteiger partial charge is 0.506 e. The molecule has 316 valence electrons. The summed E-state index contributed by atoms with van der Waals surface area (Å²) in [4.78, 5) is 52.6. The Bertz CT molecular complexity index is 3780. The maximum absolute atomic E-state index is 14.5. The van der Waals surface area contributed by atoms with Crippen LogP contribution in [-0.4, -0.2) is 74.7 Å². The number of hydrogen-bond donors (Lipinski definition) is 5. The third kappa shape index (κ3) is 6.96. The lowest BCUT2D eigenvalue weighted by Crippen LogP contribution is -2.33. The van der Waals surface area contributed by atoms with Crippen LogP contribution in [0.3, 0.4) is 0 Å². The molecule has 1 aliphatic heterocycles. The minimum absolute atomic E-state index is 0.0397. The van der Waals surface area contributed by atoms with E-state index < -0.39 is 139 Å². The molecule has 0 fully saturated rings. The van der Waals surface area contributed by atoms with Gasteiger partial charge < -0.3 is 10.4 Å². The van der Waals surface area contributed by atoms with E-state index in [-0.39, 0.29) is 44.8 Å². The molecule has 0 bridgehead atoms. The fraction of sp³-hybridized carbons (Fsp3) is 0.0750. The Morgan fingerprint density at radius 3 is 1.69 bits per heavy atom. The molecule has 0 saturated heterocycles. The maximum atomic E-state index is 14.5. The molecule has 62 heavy (non-hydrogen) atoms. The van der Waals surface area contributed by atoms with Crippen molar-refractivity contribution in [1.82, 2.24) is 4.98 Å². The fourth-order valence-electron chi connectivity index (χ4n) is 7.66. The summed E-state index contributed by atoms with van der Waals surface area (Å²) in [6.45, 7) is 0. The highest BCUT2D eigenvalue weighted by atomic mass is 32.2. The molecule has 0 amide bonds. The first-order valence-electron chi connectivity index (χ1n) is 17.8. The van der Waals surface area contributed by atoms with Gasteiger partial charge in [-0.3, -0.25) is 32.8 Å². The van der Waals surface area contributed by atoms with Gasteiger partial charge >= 0.3 is 0 Å². The van der Waals surface area contributed by atoms with Gasteiger partial charge in [0.25, 0.3) is 35.9 Å². The number of aliphatic hydroxyl groups is 1. The van der Waals surface area contributed by atoms with E-state index in [1.54, 1.807) is 6.07 Å². The van der Waals surface area contributed by atoms with Gasteiger partial charge in [0.15, 0.2) is 26.8 Å². The first kappa shape index (κ1) is 42.2. The number of benzene rings is 5. The number of nitrogens with zero attached hydrogens (tertiary/aromatic N) is 1. The standard InChI is InChI=1S/C40H26N2O16S4/c43-36(19-8-2-1-3-9-19)33-30-21-10-4-5-11-22(21)39(46)31-26(18-29(62(56,57)58)35(32(30)31)42-40(33)47)41-34-27(60(50,51)52)16-20(17-28(34)61(53,54)55)59(48,49)15-14-25-37(44)23-12-6-7-13-24(23)38(25)45/h1-13,16-18,25,41,43H,14-15H2,(H,50,51,52)(H,53,54,55)(H,56,57,58). The zero-order valence-electron chi connectivity index (χ0n) is 31.0. The predicted molar refractivity (Wildman–Crippen MR) is 220 cm³/mol. The van der Waals surface area contributed by atoms with Crippen LogP contribution in [0.5, 0.6) is 0 Å². The lowest BCUT2D eigenvalue weighted by Gasteiger charge is -2.19. The van der Waals surface area contributed by atoms with E-state index >= 15 is 0 Å². The van der Waals surface area contributed by atoms with Gasteiger partial charge in [-0.1, -0.05) is 78.9 Å². The number of rotatable bonds is 10. The molecular formula is C40H26N2O16S4. The highest BCUT2D eigenvalue weighted by Crippen LogP contribution is 2.39. The van der Waals surface area contributed by atoms with Crippen molar-refractivity contribution in [3.8, 4) is 0 Å². The molecular weight excluding hydrogens is 893 g/mol. The molecule has 0 radical (unpaired) electrons. The second-order valence-electron chi connectivity index (χ2n) is 14.1. The van der Waals surface area contributed by atoms with Crippen LogP contribution in [0.1, 0.15) is 32.7 Å². The van der Waals surface area contributed by atoms with Crippen LogP contribution < -0.4 is 21.5 Å². The van der Waals surface area contributed by atoms with Crippen LogP contribution in [0, 0.1) is 16.4 Å². The number of ketones is 2. The predicted octanol–water partition coefficient (Wildman–Crippen LogP) is 3.05. The molecule has 0 spiro atoms. The van der Waals surface area contributed by atoms with Gasteiger partial charge in [-0.25, -0.2) is 13.4 Å². The highest BCUT2D eigenvalue weighted by Gasteiger charge is 2.39. The summed E-state index contributed by atoms with van der Waals surface area (Å²) in [5, 5.41) is 11.5. The number of aromatic nitrogens is 1. The Labute approximate surface area is 349 Å². The SMILES string of the molecule is O=C1c2ccccc2C(=O)C1CCS(=O)(=O)c1cc(S(=O)(=O)O)c(Nc2cc(S(=O)(=O)O)c3nc(=O)c(=C(O)c4ccccc4)c4c5ccccc5c(=O)c2c3=4)c(S(=O)(=O)O)c1. The zero-order valence-corrected chi connectivity index (χ0v) is 34.3. The molecule has 22 heteroatoms. The molecule has 3 aliphatic rings. The van der Waals surface area contributed by atoms with Crippen LogP contribution in [-0.2, 0) is 40.2 Å². The van der Waals surface area contributed by atoms with Crippen molar-refractivity contribution in [2.45, 2.75) is 26.0 Å². The van der Waals surface area contributed by atoms with Gasteiger partial charge in [-0.15, -0.1) is 0 Å². The van der Waals surface area contributed by atoms with Gasteiger partial charge in [0.2, 0.25) is 0 Å². The number of sulfone groups is 1. The first-order chi connectivity index (χ1) is 29.0. The van der Waals surface area contributed by atoms with E-state index in [2.05, 4.69) is 10.3 Å². The van der Waals surface area contributed by atoms with Gasteiger partial charge in [0.1, 0.15) is 20.4 Å². The van der Waals surface area contributed by atoms with Crippen LogP contribution >= 0.6 is 0 Å². The topological polar surface area (TPSA) is 311 Å². The minimum Gasteiger partial charge on any atom is -0.506 e. The zero-order chi connectivity index (χ0) is 44.8. The van der Waals surface area contributed by atoms with Gasteiger partial charge in [0.05, 0.1) is 44.1 Å². The number of carbonyl (C=O) groups is 2. The molecule has 1 heterocycles. The first-order valence-corrected chi connectivity index (χ1v) is 23.7. The number of carbonyl (C=O) groups excluding carboxylic acids is 2. The van der Waals surface area contributed by atoms with Crippen molar-refractivity contribution in [3.63, 3.8) is 0 Å². The van der Waals surface area contributed by atoms with Crippen molar-refractivity contribution >= 4 is 90.6 Å². The third-order valence-corrected chi connectivity index (χ3v) is 14.8. The lowest BCUT2D eigenvalue weighted by molar-refractivity contribution is 0.0836. The molecule has 0 saturated carbocycles. The Kier molecular flexibility index (Phi) is 9.89. The number of fused-ring (bicyclic) bond motifs is 3. The van der Waals surface area contributed by atoms with Crippen LogP contribution in [0.25, 0.3) is 27.4 Å². The van der Waals surface area contributed by atoms with Gasteiger partial charge in [-0.2, -0.15) is 25.3 Å². The van der Waals surface area contributed by atoms with E-state index in [9.17, 15) is 71.6 Å². The summed E-state index contributed by atoms with van der Waals surface area (Å²) in [5.41, 5.74) is -5.05. The Morgan fingerprint density at radius 1 is 0.629 bits per heavy atom.